The van der Waals surface area contributed by atoms with Crippen LogP contribution in [0.2, 0.25) is 5.02 Å². The van der Waals surface area contributed by atoms with E-state index in [4.69, 9.17) is 29.6 Å². The van der Waals surface area contributed by atoms with Gasteiger partial charge in [-0.25, -0.2) is 4.98 Å². The molecule has 1 heterocycles. The number of aromatic nitrogens is 1. The van der Waals surface area contributed by atoms with Crippen LogP contribution in [0.5, 0.6) is 0 Å². The van der Waals surface area contributed by atoms with Crippen LogP contribution in [0.3, 0.4) is 0 Å². The SMILES string of the molecule is Nc1nc2c(s1)C[C@@H](NC(=S)Nc1cccc(Cl)c1)CC2. The van der Waals surface area contributed by atoms with Crippen molar-refractivity contribution >= 4 is 51.1 Å². The van der Waals surface area contributed by atoms with Gasteiger partial charge in [-0.15, -0.1) is 11.3 Å². The lowest BCUT2D eigenvalue weighted by Crippen LogP contribution is -2.40. The average molecular weight is 339 g/mol. The number of hydrogen-bond acceptors (Lipinski definition) is 4. The maximum absolute atomic E-state index is 5.96. The van der Waals surface area contributed by atoms with Gasteiger partial charge in [0.05, 0.1) is 5.69 Å². The van der Waals surface area contributed by atoms with E-state index in [1.807, 2.05) is 24.3 Å². The molecule has 1 aromatic heterocycles. The Morgan fingerprint density at radius 1 is 1.48 bits per heavy atom. The molecule has 0 saturated heterocycles. The van der Waals surface area contributed by atoms with E-state index in [2.05, 4.69) is 15.6 Å². The molecule has 4 nitrogen and oxygen atoms in total. The summed E-state index contributed by atoms with van der Waals surface area (Å²) >= 11 is 12.9. The lowest BCUT2D eigenvalue weighted by atomic mass is 9.98. The normalized spacial score (nSPS) is 17.1. The smallest absolute Gasteiger partial charge is 0.180 e. The molecule has 1 atom stereocenters. The molecule has 2 aromatic rings. The van der Waals surface area contributed by atoms with E-state index < -0.39 is 0 Å². The molecule has 1 aliphatic carbocycles. The number of thiocarbonyl (C=S) groups is 1. The summed E-state index contributed by atoms with van der Waals surface area (Å²) < 4.78 is 0. The highest BCUT2D eigenvalue weighted by Gasteiger charge is 2.22. The number of nitrogens with two attached hydrogens (primary N) is 1. The molecule has 7 heteroatoms. The molecule has 1 aromatic carbocycles. The molecule has 0 amide bonds. The first-order chi connectivity index (χ1) is 10.1. The van der Waals surface area contributed by atoms with Crippen molar-refractivity contribution in [3.8, 4) is 0 Å². The highest BCUT2D eigenvalue weighted by Crippen LogP contribution is 2.28. The zero-order valence-corrected chi connectivity index (χ0v) is 13.6. The van der Waals surface area contributed by atoms with Crippen LogP contribution in [0.15, 0.2) is 24.3 Å². The summed E-state index contributed by atoms with van der Waals surface area (Å²) in [4.78, 5) is 5.61. The van der Waals surface area contributed by atoms with Crippen molar-refractivity contribution < 1.29 is 0 Å². The number of nitrogen functional groups attached to an aromatic ring is 1. The van der Waals surface area contributed by atoms with Crippen LogP contribution < -0.4 is 16.4 Å². The molecule has 0 bridgehead atoms. The Morgan fingerprint density at radius 3 is 3.14 bits per heavy atom. The second-order valence-electron chi connectivity index (χ2n) is 4.97. The zero-order valence-electron chi connectivity index (χ0n) is 11.2. The molecular formula is C14H15ClN4S2. The van der Waals surface area contributed by atoms with Crippen molar-refractivity contribution in [2.24, 2.45) is 0 Å². The van der Waals surface area contributed by atoms with E-state index in [9.17, 15) is 0 Å². The molecule has 3 rings (SSSR count). The van der Waals surface area contributed by atoms with Crippen LogP contribution in [-0.2, 0) is 12.8 Å². The van der Waals surface area contributed by atoms with E-state index in [0.29, 0.717) is 21.3 Å². The first-order valence-corrected chi connectivity index (χ1v) is 8.27. The largest absolute Gasteiger partial charge is 0.375 e. The van der Waals surface area contributed by atoms with Crippen LogP contribution in [0.1, 0.15) is 17.0 Å². The Kier molecular flexibility index (Phi) is 4.28. The number of thiazole rings is 1. The maximum Gasteiger partial charge on any atom is 0.180 e. The van der Waals surface area contributed by atoms with Gasteiger partial charge in [-0.3, -0.25) is 0 Å². The quantitative estimate of drug-likeness (QED) is 0.734. The third-order valence-corrected chi connectivity index (χ3v) is 4.78. The van der Waals surface area contributed by atoms with Gasteiger partial charge >= 0.3 is 0 Å². The van der Waals surface area contributed by atoms with Crippen LogP contribution in [0.4, 0.5) is 10.8 Å². The molecule has 110 valence electrons. The van der Waals surface area contributed by atoms with Crippen LogP contribution in [-0.4, -0.2) is 16.1 Å². The number of anilines is 2. The fraction of sp³-hybridized carbons (Fsp3) is 0.286. The Morgan fingerprint density at radius 2 is 2.33 bits per heavy atom. The fourth-order valence-corrected chi connectivity index (χ4v) is 3.87. The minimum absolute atomic E-state index is 0.316. The molecular weight excluding hydrogens is 324 g/mol. The first kappa shape index (κ1) is 14.6. The van der Waals surface area contributed by atoms with Crippen LogP contribution >= 0.6 is 35.2 Å². The number of halogens is 1. The van der Waals surface area contributed by atoms with Crippen molar-refractivity contribution in [1.29, 1.82) is 0 Å². The van der Waals surface area contributed by atoms with Crippen molar-refractivity contribution in [2.45, 2.75) is 25.3 Å². The second-order valence-corrected chi connectivity index (χ2v) is 6.93. The van der Waals surface area contributed by atoms with Crippen LogP contribution in [0, 0.1) is 0 Å². The van der Waals surface area contributed by atoms with Gasteiger partial charge in [0.25, 0.3) is 0 Å². The predicted octanol–water partition coefficient (Wildman–Crippen LogP) is 3.22. The average Bonchev–Trinajstić information content (AvgIpc) is 2.78. The molecule has 0 radical (unpaired) electrons. The number of hydrogen-bond donors (Lipinski definition) is 3. The molecule has 0 unspecified atom stereocenters. The monoisotopic (exact) mass is 338 g/mol. The number of benzene rings is 1. The Bertz CT molecular complexity index is 671. The predicted molar refractivity (Wildman–Crippen MR) is 93.1 cm³/mol. The van der Waals surface area contributed by atoms with Gasteiger partial charge in [-0.2, -0.15) is 0 Å². The van der Waals surface area contributed by atoms with E-state index in [1.54, 1.807) is 11.3 Å². The minimum atomic E-state index is 0.316. The summed E-state index contributed by atoms with van der Waals surface area (Å²) in [6.45, 7) is 0. The van der Waals surface area contributed by atoms with Gasteiger partial charge in [-0.05, 0) is 43.3 Å². The van der Waals surface area contributed by atoms with Gasteiger partial charge in [0.1, 0.15) is 0 Å². The maximum atomic E-state index is 5.96. The second kappa shape index (κ2) is 6.17. The summed E-state index contributed by atoms with van der Waals surface area (Å²) in [5.74, 6) is 0. The third-order valence-electron chi connectivity index (χ3n) is 3.37. The van der Waals surface area contributed by atoms with Crippen molar-refractivity contribution in [3.05, 3.63) is 39.9 Å². The van der Waals surface area contributed by atoms with Gasteiger partial charge in [0.15, 0.2) is 10.2 Å². The lowest BCUT2D eigenvalue weighted by molar-refractivity contribution is 0.531. The van der Waals surface area contributed by atoms with Gasteiger partial charge in [0, 0.05) is 28.0 Å². The number of fused-ring (bicyclic) bond motifs is 1. The Balaban J connectivity index is 1.59. The highest BCUT2D eigenvalue weighted by molar-refractivity contribution is 7.80. The Hall–Kier alpha value is -1.37. The standard InChI is InChI=1S/C14H15ClN4S2/c15-8-2-1-3-9(6-8)17-14(20)18-10-4-5-11-12(7-10)21-13(16)19-11/h1-3,6,10H,4-5,7H2,(H2,16,19)(H2,17,18,20)/t10-/m0/s1. The number of nitrogens with one attached hydrogen (secondary N) is 2. The summed E-state index contributed by atoms with van der Waals surface area (Å²) in [5, 5.41) is 8.46. The molecule has 0 saturated carbocycles. The topological polar surface area (TPSA) is 63.0 Å². The molecule has 0 fully saturated rings. The van der Waals surface area contributed by atoms with E-state index in [0.717, 1.165) is 30.6 Å². The molecule has 21 heavy (non-hydrogen) atoms. The zero-order chi connectivity index (χ0) is 14.8. The van der Waals surface area contributed by atoms with Crippen molar-refractivity contribution in [3.63, 3.8) is 0 Å². The first-order valence-electron chi connectivity index (χ1n) is 6.67. The molecule has 0 spiro atoms. The van der Waals surface area contributed by atoms with E-state index >= 15 is 0 Å². The molecule has 1 aliphatic rings. The van der Waals surface area contributed by atoms with Crippen molar-refractivity contribution in [1.82, 2.24) is 10.3 Å². The van der Waals surface area contributed by atoms with E-state index in [1.165, 1.54) is 4.88 Å². The molecule has 4 N–H and O–H groups in total. The molecule has 0 aliphatic heterocycles. The Labute approximate surface area is 137 Å². The van der Waals surface area contributed by atoms with Gasteiger partial charge < -0.3 is 16.4 Å². The summed E-state index contributed by atoms with van der Waals surface area (Å²) in [5.41, 5.74) is 7.79. The van der Waals surface area contributed by atoms with E-state index in [-0.39, 0.29) is 0 Å². The summed E-state index contributed by atoms with van der Waals surface area (Å²) in [7, 11) is 0. The van der Waals surface area contributed by atoms with Gasteiger partial charge in [-0.1, -0.05) is 17.7 Å². The van der Waals surface area contributed by atoms with Gasteiger partial charge in [0.2, 0.25) is 0 Å². The minimum Gasteiger partial charge on any atom is -0.375 e. The summed E-state index contributed by atoms with van der Waals surface area (Å²) in [6.07, 6.45) is 2.87. The lowest BCUT2D eigenvalue weighted by Gasteiger charge is -2.24. The number of rotatable bonds is 2. The number of nitrogens with zero attached hydrogens (tertiary/aromatic N) is 1. The summed E-state index contributed by atoms with van der Waals surface area (Å²) in [6, 6.07) is 7.82. The van der Waals surface area contributed by atoms with Crippen LogP contribution in [0.25, 0.3) is 0 Å². The highest BCUT2D eigenvalue weighted by atomic mass is 35.5. The number of aryl methyl sites for hydroxylation is 1. The van der Waals surface area contributed by atoms with Crippen molar-refractivity contribution in [2.75, 3.05) is 11.1 Å². The fourth-order valence-electron chi connectivity index (χ4n) is 2.44. The third kappa shape index (κ3) is 3.64.